The Morgan fingerprint density at radius 2 is 1.40 bits per heavy atom. The molecule has 3 heterocycles. The molecule has 0 saturated carbocycles. The van der Waals surface area contributed by atoms with Gasteiger partial charge < -0.3 is 0 Å². The van der Waals surface area contributed by atoms with Gasteiger partial charge in [0.2, 0.25) is 5.78 Å². The quantitative estimate of drug-likeness (QED) is 0.280. The molecule has 0 bridgehead atoms. The van der Waals surface area contributed by atoms with E-state index in [-0.39, 0.29) is 0 Å². The van der Waals surface area contributed by atoms with E-state index >= 15 is 0 Å². The molecule has 0 atom stereocenters. The van der Waals surface area contributed by atoms with Crippen molar-refractivity contribution < 1.29 is 13.2 Å². The predicted octanol–water partition coefficient (Wildman–Crippen LogP) is 6.66. The van der Waals surface area contributed by atoms with Crippen LogP contribution in [0.2, 0.25) is 0 Å². The molecule has 0 aliphatic carbocycles. The number of imidazole rings is 2. The van der Waals surface area contributed by atoms with Gasteiger partial charge >= 0.3 is 6.18 Å². The molecular weight excluding hydrogens is 387 g/mol. The summed E-state index contributed by atoms with van der Waals surface area (Å²) >= 11 is 0. The summed E-state index contributed by atoms with van der Waals surface area (Å²) in [4.78, 5) is 4.77. The Morgan fingerprint density at radius 3 is 2.20 bits per heavy atom. The highest BCUT2D eigenvalue weighted by Crippen LogP contribution is 2.41. The molecule has 0 aliphatic rings. The Bertz CT molecular complexity index is 1790. The highest BCUT2D eigenvalue weighted by Gasteiger charge is 2.33. The van der Waals surface area contributed by atoms with Crippen LogP contribution in [0.5, 0.6) is 0 Å². The topological polar surface area (TPSA) is 21.7 Å². The van der Waals surface area contributed by atoms with Crippen LogP contribution >= 0.6 is 0 Å². The summed E-state index contributed by atoms with van der Waals surface area (Å²) in [7, 11) is 0. The SMILES string of the molecule is FC(F)(F)c1cc2c3cc4ccccc4cc3n3c2c(c1)n1c2ccccc2nc13. The Labute approximate surface area is 166 Å². The van der Waals surface area contributed by atoms with Gasteiger partial charge in [0, 0.05) is 10.8 Å². The first-order valence-corrected chi connectivity index (χ1v) is 9.57. The minimum atomic E-state index is -4.44. The van der Waals surface area contributed by atoms with E-state index in [1.54, 1.807) is 0 Å². The fourth-order valence-corrected chi connectivity index (χ4v) is 4.75. The minimum absolute atomic E-state index is 0.517. The van der Waals surface area contributed by atoms with Crippen LogP contribution in [-0.2, 0) is 6.18 Å². The lowest BCUT2D eigenvalue weighted by atomic mass is 10.0. The first-order chi connectivity index (χ1) is 14.5. The number of fused-ring (bicyclic) bond motifs is 9. The molecule has 6 heteroatoms. The summed E-state index contributed by atoms with van der Waals surface area (Å²) < 4.78 is 45.2. The number of nitrogens with zero attached hydrogens (tertiary/aromatic N) is 3. The summed E-state index contributed by atoms with van der Waals surface area (Å²) in [5.74, 6) is 0.626. The second-order valence-corrected chi connectivity index (χ2v) is 7.68. The molecule has 0 saturated heterocycles. The molecule has 0 fully saturated rings. The van der Waals surface area contributed by atoms with Crippen LogP contribution < -0.4 is 0 Å². The molecule has 144 valence electrons. The average Bonchev–Trinajstić information content (AvgIpc) is 3.36. The molecule has 0 aliphatic heterocycles. The first kappa shape index (κ1) is 16.0. The van der Waals surface area contributed by atoms with Gasteiger partial charge in [-0.25, -0.2) is 4.98 Å². The van der Waals surface area contributed by atoms with Crippen molar-refractivity contribution in [1.29, 1.82) is 0 Å². The van der Waals surface area contributed by atoms with Crippen LogP contribution in [-0.4, -0.2) is 13.8 Å². The summed E-state index contributed by atoms with van der Waals surface area (Å²) in [5, 5.41) is 3.43. The van der Waals surface area contributed by atoms with E-state index in [1.807, 2.05) is 69.5 Å². The van der Waals surface area contributed by atoms with Gasteiger partial charge in [-0.3, -0.25) is 8.80 Å². The molecule has 3 nitrogen and oxygen atoms in total. The third kappa shape index (κ3) is 1.84. The zero-order valence-corrected chi connectivity index (χ0v) is 15.4. The van der Waals surface area contributed by atoms with Gasteiger partial charge in [-0.1, -0.05) is 36.4 Å². The maximum Gasteiger partial charge on any atom is 0.416 e. The van der Waals surface area contributed by atoms with E-state index in [4.69, 9.17) is 4.98 Å². The summed E-state index contributed by atoms with van der Waals surface area (Å²) in [5.41, 5.74) is 3.05. The van der Waals surface area contributed by atoms with Crippen LogP contribution in [0.15, 0.2) is 72.8 Å². The Hall–Kier alpha value is -3.80. The smallest absolute Gasteiger partial charge is 0.277 e. The van der Waals surface area contributed by atoms with E-state index in [2.05, 4.69) is 0 Å². The fraction of sp³-hybridized carbons (Fsp3) is 0.0417. The number of para-hydroxylation sites is 2. The molecule has 4 aromatic carbocycles. The zero-order valence-electron chi connectivity index (χ0n) is 15.4. The van der Waals surface area contributed by atoms with Crippen LogP contribution in [0, 0.1) is 0 Å². The highest BCUT2D eigenvalue weighted by atomic mass is 19.4. The van der Waals surface area contributed by atoms with Crippen molar-refractivity contribution in [3.8, 4) is 0 Å². The number of hydrogen-bond acceptors (Lipinski definition) is 1. The van der Waals surface area contributed by atoms with Crippen LogP contribution in [0.1, 0.15) is 5.56 Å². The molecule has 30 heavy (non-hydrogen) atoms. The van der Waals surface area contributed by atoms with E-state index in [0.29, 0.717) is 16.7 Å². The molecule has 0 amide bonds. The third-order valence-electron chi connectivity index (χ3n) is 6.02. The van der Waals surface area contributed by atoms with E-state index in [1.165, 1.54) is 12.1 Å². The summed E-state index contributed by atoms with van der Waals surface area (Å²) in [6, 6.07) is 21.9. The van der Waals surface area contributed by atoms with Gasteiger partial charge in [-0.15, -0.1) is 0 Å². The lowest BCUT2D eigenvalue weighted by molar-refractivity contribution is -0.137. The summed E-state index contributed by atoms with van der Waals surface area (Å²) in [6.45, 7) is 0. The van der Waals surface area contributed by atoms with E-state index < -0.39 is 11.7 Å². The largest absolute Gasteiger partial charge is 0.416 e. The highest BCUT2D eigenvalue weighted by molar-refractivity contribution is 6.18. The van der Waals surface area contributed by atoms with Gasteiger partial charge in [0.15, 0.2) is 0 Å². The summed E-state index contributed by atoms with van der Waals surface area (Å²) in [6.07, 6.45) is -4.44. The second-order valence-electron chi connectivity index (χ2n) is 7.68. The van der Waals surface area contributed by atoms with Crippen molar-refractivity contribution in [2.24, 2.45) is 0 Å². The molecule has 0 spiro atoms. The minimum Gasteiger partial charge on any atom is -0.277 e. The Balaban J connectivity index is 1.84. The Kier molecular flexibility index (Phi) is 2.69. The number of rotatable bonds is 0. The van der Waals surface area contributed by atoms with Gasteiger partial charge in [0.05, 0.1) is 33.1 Å². The molecule has 0 radical (unpaired) electrons. The van der Waals surface area contributed by atoms with Crippen molar-refractivity contribution in [2.45, 2.75) is 6.18 Å². The first-order valence-electron chi connectivity index (χ1n) is 9.57. The third-order valence-corrected chi connectivity index (χ3v) is 6.02. The van der Waals surface area contributed by atoms with Crippen LogP contribution in [0.3, 0.4) is 0 Å². The normalized spacial score (nSPS) is 13.2. The lowest BCUT2D eigenvalue weighted by Gasteiger charge is -2.07. The van der Waals surface area contributed by atoms with Crippen LogP contribution in [0.4, 0.5) is 13.2 Å². The van der Waals surface area contributed by atoms with E-state index in [9.17, 15) is 13.2 Å². The van der Waals surface area contributed by atoms with Gasteiger partial charge in [0.25, 0.3) is 0 Å². The van der Waals surface area contributed by atoms with E-state index in [0.717, 1.165) is 38.2 Å². The van der Waals surface area contributed by atoms with Crippen molar-refractivity contribution in [3.05, 3.63) is 78.4 Å². The molecule has 7 aromatic rings. The standard InChI is InChI=1S/C24H12F3N3/c25-24(26,27)15-11-17-16-9-13-5-1-2-6-14(13)10-20(16)30-22(17)21(12-15)29-19-8-4-3-7-18(19)28-23(29)30/h1-12H. The van der Waals surface area contributed by atoms with Gasteiger partial charge in [0.1, 0.15) is 0 Å². The molecule has 3 aromatic heterocycles. The Morgan fingerprint density at radius 1 is 0.667 bits per heavy atom. The zero-order chi connectivity index (χ0) is 20.2. The monoisotopic (exact) mass is 399 g/mol. The average molecular weight is 399 g/mol. The number of aromatic nitrogens is 3. The molecule has 0 unspecified atom stereocenters. The van der Waals surface area contributed by atoms with Crippen molar-refractivity contribution >= 4 is 54.9 Å². The number of benzene rings is 4. The molecule has 0 N–H and O–H groups in total. The number of hydrogen-bond donors (Lipinski definition) is 0. The van der Waals surface area contributed by atoms with Gasteiger partial charge in [-0.05, 0) is 47.2 Å². The van der Waals surface area contributed by atoms with Gasteiger partial charge in [-0.2, -0.15) is 13.2 Å². The van der Waals surface area contributed by atoms with Crippen LogP contribution in [0.25, 0.3) is 54.9 Å². The molecular formula is C24H12F3N3. The lowest BCUT2D eigenvalue weighted by Crippen LogP contribution is -2.04. The fourth-order valence-electron chi connectivity index (χ4n) is 4.75. The molecule has 7 rings (SSSR count). The number of halogens is 3. The van der Waals surface area contributed by atoms with Crippen molar-refractivity contribution in [1.82, 2.24) is 13.8 Å². The predicted molar refractivity (Wildman–Crippen MR) is 112 cm³/mol. The second kappa shape index (κ2) is 5.02. The number of alkyl halides is 3. The van der Waals surface area contributed by atoms with Crippen molar-refractivity contribution in [2.75, 3.05) is 0 Å². The maximum atomic E-state index is 13.8. The van der Waals surface area contributed by atoms with Crippen molar-refractivity contribution in [3.63, 3.8) is 0 Å². The maximum absolute atomic E-state index is 13.8.